The third-order valence-electron chi connectivity index (χ3n) is 5.75. The number of hydrogen-bond donors (Lipinski definition) is 1. The second kappa shape index (κ2) is 12.9. The molecule has 2 heterocycles. The highest BCUT2D eigenvalue weighted by Gasteiger charge is 2.21. The summed E-state index contributed by atoms with van der Waals surface area (Å²) in [6, 6.07) is 8.85. The average Bonchev–Trinajstić information content (AvgIpc) is 2.79. The van der Waals surface area contributed by atoms with Gasteiger partial charge in [-0.05, 0) is 30.4 Å². The van der Waals surface area contributed by atoms with Crippen molar-refractivity contribution in [3.8, 4) is 0 Å². The van der Waals surface area contributed by atoms with Crippen molar-refractivity contribution >= 4 is 5.96 Å². The van der Waals surface area contributed by atoms with Crippen LogP contribution in [0.1, 0.15) is 30.4 Å². The normalized spacial score (nSPS) is 19.3. The van der Waals surface area contributed by atoms with Crippen molar-refractivity contribution < 1.29 is 14.2 Å². The summed E-state index contributed by atoms with van der Waals surface area (Å²) in [7, 11) is 3.60. The van der Waals surface area contributed by atoms with Crippen LogP contribution in [0.3, 0.4) is 0 Å². The molecule has 7 nitrogen and oxygen atoms in total. The number of hydrogen-bond acceptors (Lipinski definition) is 5. The van der Waals surface area contributed by atoms with E-state index in [1.807, 2.05) is 7.05 Å². The number of piperidine rings is 1. The standard InChI is InChI=1S/C23H38N4O3/c1-24-23(27-9-7-22(8-10-27)30-14-4-13-28-2)25-18-20-5-3-6-21(17-20)19-26-11-15-29-16-12-26/h3,5-6,17,22H,4,7-16,18-19H2,1-2H3,(H,24,25). The molecule has 168 valence electrons. The zero-order chi connectivity index (χ0) is 21.0. The minimum Gasteiger partial charge on any atom is -0.385 e. The second-order valence-corrected chi connectivity index (χ2v) is 8.01. The maximum Gasteiger partial charge on any atom is 0.193 e. The fourth-order valence-corrected chi connectivity index (χ4v) is 4.06. The van der Waals surface area contributed by atoms with Crippen LogP contribution in [0.5, 0.6) is 0 Å². The Morgan fingerprint density at radius 3 is 2.63 bits per heavy atom. The topological polar surface area (TPSA) is 58.6 Å². The van der Waals surface area contributed by atoms with Gasteiger partial charge < -0.3 is 24.4 Å². The Balaban J connectivity index is 1.41. The van der Waals surface area contributed by atoms with E-state index in [0.717, 1.165) is 90.9 Å². The summed E-state index contributed by atoms with van der Waals surface area (Å²) in [5.41, 5.74) is 2.65. The number of nitrogens with one attached hydrogen (secondary N) is 1. The monoisotopic (exact) mass is 418 g/mol. The summed E-state index contributed by atoms with van der Waals surface area (Å²) in [5, 5.41) is 3.55. The van der Waals surface area contributed by atoms with E-state index < -0.39 is 0 Å². The number of guanidine groups is 1. The van der Waals surface area contributed by atoms with Crippen molar-refractivity contribution in [2.24, 2.45) is 4.99 Å². The lowest BCUT2D eigenvalue weighted by molar-refractivity contribution is 0.00989. The van der Waals surface area contributed by atoms with Crippen molar-refractivity contribution in [1.82, 2.24) is 15.1 Å². The number of nitrogens with zero attached hydrogens (tertiary/aromatic N) is 3. The Kier molecular flexibility index (Phi) is 9.89. The second-order valence-electron chi connectivity index (χ2n) is 8.01. The molecule has 0 aliphatic carbocycles. The molecule has 2 aliphatic rings. The minimum absolute atomic E-state index is 0.355. The number of methoxy groups -OCH3 is 1. The zero-order valence-corrected chi connectivity index (χ0v) is 18.6. The maximum absolute atomic E-state index is 5.97. The molecule has 0 aromatic heterocycles. The first-order valence-electron chi connectivity index (χ1n) is 11.2. The van der Waals surface area contributed by atoms with E-state index in [1.54, 1.807) is 7.11 Å². The highest BCUT2D eigenvalue weighted by atomic mass is 16.5. The summed E-state index contributed by atoms with van der Waals surface area (Å²) >= 11 is 0. The van der Waals surface area contributed by atoms with Gasteiger partial charge in [0.05, 0.1) is 19.3 Å². The van der Waals surface area contributed by atoms with E-state index >= 15 is 0 Å². The molecule has 1 aromatic rings. The molecule has 2 saturated heterocycles. The summed E-state index contributed by atoms with van der Waals surface area (Å²) in [4.78, 5) is 9.30. The highest BCUT2D eigenvalue weighted by molar-refractivity contribution is 5.79. The molecular formula is C23H38N4O3. The molecule has 1 N–H and O–H groups in total. The van der Waals surface area contributed by atoms with Gasteiger partial charge in [-0.15, -0.1) is 0 Å². The van der Waals surface area contributed by atoms with Gasteiger partial charge in [0.1, 0.15) is 0 Å². The molecule has 2 aliphatic heterocycles. The molecule has 7 heteroatoms. The van der Waals surface area contributed by atoms with Crippen molar-refractivity contribution in [2.45, 2.75) is 38.5 Å². The summed E-state index contributed by atoms with van der Waals surface area (Å²) in [6.07, 6.45) is 3.41. The molecule has 0 spiro atoms. The first-order valence-corrected chi connectivity index (χ1v) is 11.2. The van der Waals surface area contributed by atoms with Gasteiger partial charge in [-0.2, -0.15) is 0 Å². The summed E-state index contributed by atoms with van der Waals surface area (Å²) < 4.78 is 16.5. The van der Waals surface area contributed by atoms with Crippen LogP contribution in [0, 0.1) is 0 Å². The highest BCUT2D eigenvalue weighted by Crippen LogP contribution is 2.15. The van der Waals surface area contributed by atoms with Crippen LogP contribution < -0.4 is 5.32 Å². The maximum atomic E-state index is 5.97. The van der Waals surface area contributed by atoms with Gasteiger partial charge in [0.2, 0.25) is 0 Å². The molecule has 0 amide bonds. The van der Waals surface area contributed by atoms with Crippen LogP contribution in [0.2, 0.25) is 0 Å². The van der Waals surface area contributed by atoms with Gasteiger partial charge in [0.25, 0.3) is 0 Å². The molecular weight excluding hydrogens is 380 g/mol. The van der Waals surface area contributed by atoms with Crippen LogP contribution >= 0.6 is 0 Å². The van der Waals surface area contributed by atoms with Crippen LogP contribution in [-0.4, -0.2) is 88.6 Å². The first-order chi connectivity index (χ1) is 14.8. The summed E-state index contributed by atoms with van der Waals surface area (Å²) in [6.45, 7) is 8.99. The van der Waals surface area contributed by atoms with E-state index in [0.29, 0.717) is 6.10 Å². The van der Waals surface area contributed by atoms with E-state index in [-0.39, 0.29) is 0 Å². The Labute approximate surface area is 181 Å². The van der Waals surface area contributed by atoms with Crippen molar-refractivity contribution in [1.29, 1.82) is 0 Å². The van der Waals surface area contributed by atoms with Crippen molar-refractivity contribution in [2.75, 3.05) is 66.8 Å². The molecule has 30 heavy (non-hydrogen) atoms. The third-order valence-corrected chi connectivity index (χ3v) is 5.75. The molecule has 0 saturated carbocycles. The lowest BCUT2D eigenvalue weighted by atomic mass is 10.1. The smallest absolute Gasteiger partial charge is 0.193 e. The number of benzene rings is 1. The molecule has 2 fully saturated rings. The van der Waals surface area contributed by atoms with E-state index in [9.17, 15) is 0 Å². The molecule has 0 bridgehead atoms. The van der Waals surface area contributed by atoms with Crippen molar-refractivity contribution in [3.63, 3.8) is 0 Å². The quantitative estimate of drug-likeness (QED) is 0.377. The number of ether oxygens (including phenoxy) is 3. The number of rotatable bonds is 9. The predicted octanol–water partition coefficient (Wildman–Crippen LogP) is 2.11. The summed E-state index contributed by atoms with van der Waals surface area (Å²) in [5.74, 6) is 0.978. The fraction of sp³-hybridized carbons (Fsp3) is 0.696. The fourth-order valence-electron chi connectivity index (χ4n) is 4.06. The minimum atomic E-state index is 0.355. The van der Waals surface area contributed by atoms with Gasteiger partial charge in [0, 0.05) is 66.6 Å². The van der Waals surface area contributed by atoms with E-state index in [4.69, 9.17) is 14.2 Å². The Bertz CT molecular complexity index is 641. The van der Waals surface area contributed by atoms with Gasteiger partial charge in [-0.1, -0.05) is 24.3 Å². The van der Waals surface area contributed by atoms with Gasteiger partial charge in [-0.3, -0.25) is 9.89 Å². The Hall–Kier alpha value is -1.67. The number of likely N-dealkylation sites (tertiary alicyclic amines) is 1. The van der Waals surface area contributed by atoms with Crippen LogP contribution in [0.15, 0.2) is 29.3 Å². The third kappa shape index (κ3) is 7.54. The van der Waals surface area contributed by atoms with Crippen LogP contribution in [0.4, 0.5) is 0 Å². The number of aliphatic imine (C=N–C) groups is 1. The van der Waals surface area contributed by atoms with Crippen LogP contribution in [0.25, 0.3) is 0 Å². The Morgan fingerprint density at radius 1 is 1.13 bits per heavy atom. The predicted molar refractivity (Wildman–Crippen MR) is 120 cm³/mol. The zero-order valence-electron chi connectivity index (χ0n) is 18.6. The first kappa shape index (κ1) is 23.0. The number of morpholine rings is 1. The van der Waals surface area contributed by atoms with Gasteiger partial charge in [-0.25, -0.2) is 0 Å². The van der Waals surface area contributed by atoms with E-state index in [2.05, 4.69) is 44.4 Å². The lowest BCUT2D eigenvalue weighted by Gasteiger charge is -2.34. The SMILES string of the molecule is CN=C(NCc1cccc(CN2CCOCC2)c1)N1CCC(OCCCOC)CC1. The molecule has 0 unspecified atom stereocenters. The average molecular weight is 419 g/mol. The molecule has 0 atom stereocenters. The lowest BCUT2D eigenvalue weighted by Crippen LogP contribution is -2.46. The van der Waals surface area contributed by atoms with Gasteiger partial charge >= 0.3 is 0 Å². The van der Waals surface area contributed by atoms with Crippen LogP contribution in [-0.2, 0) is 27.3 Å². The van der Waals surface area contributed by atoms with Gasteiger partial charge in [0.15, 0.2) is 5.96 Å². The molecule has 0 radical (unpaired) electrons. The molecule has 3 rings (SSSR count). The van der Waals surface area contributed by atoms with E-state index in [1.165, 1.54) is 11.1 Å². The Morgan fingerprint density at radius 2 is 1.90 bits per heavy atom. The largest absolute Gasteiger partial charge is 0.385 e. The van der Waals surface area contributed by atoms with Crippen molar-refractivity contribution in [3.05, 3.63) is 35.4 Å². The molecule has 1 aromatic carbocycles.